The van der Waals surface area contributed by atoms with Crippen molar-refractivity contribution >= 4 is 17.4 Å². The molecule has 1 aliphatic rings. The van der Waals surface area contributed by atoms with Gasteiger partial charge in [-0.1, -0.05) is 85.8 Å². The van der Waals surface area contributed by atoms with E-state index in [1.165, 1.54) is 50.5 Å². The third kappa shape index (κ3) is 5.84. The largest absolute Gasteiger partial charge is 0.154 e. The van der Waals surface area contributed by atoms with Crippen LogP contribution in [0.4, 0.5) is 5.69 Å². The summed E-state index contributed by atoms with van der Waals surface area (Å²) in [5.74, 6) is 0.902. The van der Waals surface area contributed by atoms with E-state index in [2.05, 4.69) is 58.9 Å². The standard InChI is InChI=1S/C23H37NOS/c1-22(2,3)18-14-17(21(24-25)20(15-18)23(4,5)6)16-26-19-12-10-8-7-9-11-13-19/h14-15,19H,7-13,16H2,1-6H3. The Bertz CT molecular complexity index is 602. The first-order valence-electron chi connectivity index (χ1n) is 10.3. The Morgan fingerprint density at radius 2 is 1.50 bits per heavy atom. The maximum atomic E-state index is 11.7. The molecule has 3 heteroatoms. The highest BCUT2D eigenvalue weighted by Gasteiger charge is 2.26. The zero-order chi connectivity index (χ0) is 19.4. The second-order valence-electron chi connectivity index (χ2n) is 9.90. The number of hydrogen-bond acceptors (Lipinski definition) is 3. The average Bonchev–Trinajstić information content (AvgIpc) is 2.51. The van der Waals surface area contributed by atoms with Crippen LogP contribution >= 0.6 is 11.8 Å². The van der Waals surface area contributed by atoms with E-state index < -0.39 is 0 Å². The molecule has 0 heterocycles. The first-order chi connectivity index (χ1) is 12.1. The van der Waals surface area contributed by atoms with E-state index in [1.807, 2.05) is 11.8 Å². The maximum Gasteiger partial charge on any atom is 0.115 e. The molecule has 2 rings (SSSR count). The van der Waals surface area contributed by atoms with Gasteiger partial charge in [0.15, 0.2) is 0 Å². The monoisotopic (exact) mass is 375 g/mol. The molecule has 26 heavy (non-hydrogen) atoms. The van der Waals surface area contributed by atoms with Crippen LogP contribution in [0.25, 0.3) is 0 Å². The zero-order valence-corrected chi connectivity index (χ0v) is 18.5. The van der Waals surface area contributed by atoms with Crippen LogP contribution in [0.3, 0.4) is 0 Å². The van der Waals surface area contributed by atoms with Gasteiger partial charge in [0.05, 0.1) is 0 Å². The Morgan fingerprint density at radius 1 is 0.923 bits per heavy atom. The van der Waals surface area contributed by atoms with E-state index in [4.69, 9.17) is 0 Å². The summed E-state index contributed by atoms with van der Waals surface area (Å²) in [5, 5.41) is 4.22. The quantitative estimate of drug-likeness (QED) is 0.498. The summed E-state index contributed by atoms with van der Waals surface area (Å²) in [5.41, 5.74) is 4.20. The van der Waals surface area contributed by atoms with Gasteiger partial charge in [-0.25, -0.2) is 0 Å². The zero-order valence-electron chi connectivity index (χ0n) is 17.7. The number of hydrogen-bond donors (Lipinski definition) is 0. The molecule has 2 nitrogen and oxygen atoms in total. The molecule has 0 amide bonds. The molecule has 0 radical (unpaired) electrons. The molecule has 146 valence electrons. The third-order valence-electron chi connectivity index (χ3n) is 5.48. The lowest BCUT2D eigenvalue weighted by molar-refractivity contribution is 0.513. The minimum absolute atomic E-state index is 0.0705. The SMILES string of the molecule is CC(C)(C)c1cc(CSC2CCCCCCC2)c(N=O)c(C(C)(C)C)c1. The fourth-order valence-corrected chi connectivity index (χ4v) is 5.01. The summed E-state index contributed by atoms with van der Waals surface area (Å²) >= 11 is 2.04. The number of thioether (sulfide) groups is 1. The highest BCUT2D eigenvalue weighted by atomic mass is 32.2. The summed E-state index contributed by atoms with van der Waals surface area (Å²) in [7, 11) is 0. The molecule has 0 aromatic heterocycles. The number of nitrogens with zero attached hydrogens (tertiary/aromatic N) is 1. The van der Waals surface area contributed by atoms with Gasteiger partial charge < -0.3 is 0 Å². The predicted octanol–water partition coefficient (Wildman–Crippen LogP) is 8.03. The number of benzene rings is 1. The van der Waals surface area contributed by atoms with Crippen molar-refractivity contribution in [1.29, 1.82) is 0 Å². The topological polar surface area (TPSA) is 29.4 Å². The lowest BCUT2D eigenvalue weighted by Crippen LogP contribution is -2.17. The Hall–Kier alpha value is -0.830. The van der Waals surface area contributed by atoms with Crippen LogP contribution in [0.1, 0.15) is 103 Å². The molecule has 1 aromatic carbocycles. The van der Waals surface area contributed by atoms with Gasteiger partial charge in [0, 0.05) is 11.0 Å². The summed E-state index contributed by atoms with van der Waals surface area (Å²) in [6, 6.07) is 4.45. The minimum Gasteiger partial charge on any atom is -0.154 e. The van der Waals surface area contributed by atoms with E-state index in [0.717, 1.165) is 22.1 Å². The summed E-state index contributed by atoms with van der Waals surface area (Å²) in [6.45, 7) is 13.3. The molecular weight excluding hydrogens is 338 g/mol. The van der Waals surface area contributed by atoms with E-state index in [0.29, 0.717) is 5.69 Å². The van der Waals surface area contributed by atoms with Crippen LogP contribution in [0, 0.1) is 4.91 Å². The van der Waals surface area contributed by atoms with Crippen LogP contribution in [0.5, 0.6) is 0 Å². The lowest BCUT2D eigenvalue weighted by atomic mass is 9.78. The van der Waals surface area contributed by atoms with Crippen LogP contribution in [0.15, 0.2) is 17.3 Å². The molecule has 0 unspecified atom stereocenters. The van der Waals surface area contributed by atoms with Crippen LogP contribution in [0.2, 0.25) is 0 Å². The number of nitroso groups, excluding NO2 is 1. The lowest BCUT2D eigenvalue weighted by Gasteiger charge is -2.28. The van der Waals surface area contributed by atoms with Crippen molar-refractivity contribution in [3.05, 3.63) is 33.7 Å². The van der Waals surface area contributed by atoms with Crippen molar-refractivity contribution in [1.82, 2.24) is 0 Å². The van der Waals surface area contributed by atoms with Gasteiger partial charge in [-0.3, -0.25) is 0 Å². The molecule has 0 atom stereocenters. The number of rotatable bonds is 4. The van der Waals surface area contributed by atoms with Gasteiger partial charge in [-0.15, -0.1) is 4.91 Å². The molecule has 0 aliphatic heterocycles. The molecule has 0 bridgehead atoms. The van der Waals surface area contributed by atoms with Crippen molar-refractivity contribution in [3.63, 3.8) is 0 Å². The van der Waals surface area contributed by atoms with Crippen LogP contribution < -0.4 is 0 Å². The second kappa shape index (κ2) is 8.91. The Morgan fingerprint density at radius 3 is 2.00 bits per heavy atom. The smallest absolute Gasteiger partial charge is 0.115 e. The van der Waals surface area contributed by atoms with Gasteiger partial charge in [0.1, 0.15) is 5.69 Å². The molecular formula is C23H37NOS. The Kier molecular flexibility index (Phi) is 7.35. The molecule has 1 aromatic rings. The van der Waals surface area contributed by atoms with Crippen molar-refractivity contribution in [2.24, 2.45) is 5.18 Å². The van der Waals surface area contributed by atoms with Gasteiger partial charge in [-0.2, -0.15) is 11.8 Å². The van der Waals surface area contributed by atoms with Crippen molar-refractivity contribution in [2.75, 3.05) is 0 Å². The predicted molar refractivity (Wildman–Crippen MR) is 117 cm³/mol. The van der Waals surface area contributed by atoms with Crippen LogP contribution in [-0.2, 0) is 16.6 Å². The maximum absolute atomic E-state index is 11.7. The average molecular weight is 376 g/mol. The van der Waals surface area contributed by atoms with Gasteiger partial charge in [0.25, 0.3) is 0 Å². The van der Waals surface area contributed by atoms with Crippen molar-refractivity contribution in [3.8, 4) is 0 Å². The first-order valence-corrected chi connectivity index (χ1v) is 11.3. The van der Waals surface area contributed by atoms with Crippen molar-refractivity contribution < 1.29 is 0 Å². The van der Waals surface area contributed by atoms with E-state index >= 15 is 0 Å². The highest BCUT2D eigenvalue weighted by molar-refractivity contribution is 7.99. The van der Waals surface area contributed by atoms with Gasteiger partial charge in [-0.05, 0) is 45.5 Å². The molecule has 1 aliphatic carbocycles. The van der Waals surface area contributed by atoms with E-state index in [1.54, 1.807) is 0 Å². The molecule has 0 N–H and O–H groups in total. The van der Waals surface area contributed by atoms with E-state index in [-0.39, 0.29) is 10.8 Å². The van der Waals surface area contributed by atoms with E-state index in [9.17, 15) is 4.91 Å². The third-order valence-corrected chi connectivity index (χ3v) is 6.90. The molecule has 1 fully saturated rings. The summed E-state index contributed by atoms with van der Waals surface area (Å²) in [4.78, 5) is 11.7. The Labute approximate surface area is 164 Å². The second-order valence-corrected chi connectivity index (χ2v) is 11.2. The first kappa shape index (κ1) is 21.5. The molecule has 1 saturated carbocycles. The summed E-state index contributed by atoms with van der Waals surface area (Å²) < 4.78 is 0. The minimum atomic E-state index is -0.0792. The highest BCUT2D eigenvalue weighted by Crippen LogP contribution is 2.41. The Balaban J connectivity index is 2.31. The fraction of sp³-hybridized carbons (Fsp3) is 0.739. The molecule has 0 spiro atoms. The van der Waals surface area contributed by atoms with Crippen LogP contribution in [-0.4, -0.2) is 5.25 Å². The van der Waals surface area contributed by atoms with Crippen molar-refractivity contribution in [2.45, 2.75) is 108 Å². The van der Waals surface area contributed by atoms with Gasteiger partial charge in [0.2, 0.25) is 0 Å². The summed E-state index contributed by atoms with van der Waals surface area (Å²) in [6.07, 6.45) is 9.51. The fourth-order valence-electron chi connectivity index (χ4n) is 3.71. The molecule has 0 saturated heterocycles. The normalized spacial score (nSPS) is 17.6. The van der Waals surface area contributed by atoms with Gasteiger partial charge >= 0.3 is 0 Å².